The number of carbonyl (C=O) groups is 1. The van der Waals surface area contributed by atoms with Gasteiger partial charge in [-0.15, -0.1) is 0 Å². The first-order chi connectivity index (χ1) is 11.6. The first-order valence-corrected chi connectivity index (χ1v) is 8.72. The summed E-state index contributed by atoms with van der Waals surface area (Å²) in [6, 6.07) is 4.05. The fraction of sp³-hybridized carbons (Fsp3) is 0.375. The molecule has 0 bridgehead atoms. The summed E-state index contributed by atoms with van der Waals surface area (Å²) >= 11 is 1.44. The van der Waals surface area contributed by atoms with Gasteiger partial charge in [0.25, 0.3) is 5.91 Å². The Bertz CT molecular complexity index is 901. The number of hydrogen-bond donors (Lipinski definition) is 1. The topological polar surface area (TPSA) is 89.9 Å². The molecule has 0 aromatic carbocycles. The van der Waals surface area contributed by atoms with Crippen LogP contribution in [0.25, 0.3) is 10.3 Å². The lowest BCUT2D eigenvalue weighted by Crippen LogP contribution is -2.39. The standard InChI is InChI=1S/C16H18N6OS/c1-21-8-11(7-18-21)15(23)22-6-2-3-10(9-22)12-4-5-13-14(19-12)20-16(17)24-13/h4-5,7-8,10H,2-3,6,9H2,1H3,(H2,17,19,20)/t10-/m1/s1. The maximum absolute atomic E-state index is 12.6. The molecule has 1 aliphatic rings. The summed E-state index contributed by atoms with van der Waals surface area (Å²) in [4.78, 5) is 23.4. The number of piperidine rings is 1. The number of carbonyl (C=O) groups excluding carboxylic acids is 1. The Balaban J connectivity index is 1.56. The van der Waals surface area contributed by atoms with Gasteiger partial charge in [-0.2, -0.15) is 5.10 Å². The minimum atomic E-state index is 0.0341. The van der Waals surface area contributed by atoms with E-state index in [0.717, 1.165) is 29.8 Å². The van der Waals surface area contributed by atoms with E-state index in [2.05, 4.69) is 15.1 Å². The molecule has 1 amide bonds. The van der Waals surface area contributed by atoms with E-state index in [1.54, 1.807) is 17.1 Å². The third-order valence-electron chi connectivity index (χ3n) is 4.37. The van der Waals surface area contributed by atoms with Gasteiger partial charge in [0.15, 0.2) is 10.8 Å². The number of rotatable bonds is 2. The number of aromatic nitrogens is 4. The average Bonchev–Trinajstić information content (AvgIpc) is 3.18. The largest absolute Gasteiger partial charge is 0.375 e. The Kier molecular flexibility index (Phi) is 3.68. The van der Waals surface area contributed by atoms with Crippen molar-refractivity contribution >= 4 is 32.7 Å². The van der Waals surface area contributed by atoms with Crippen LogP contribution < -0.4 is 5.73 Å². The van der Waals surface area contributed by atoms with Gasteiger partial charge in [-0.3, -0.25) is 9.48 Å². The van der Waals surface area contributed by atoms with Crippen molar-refractivity contribution in [2.75, 3.05) is 18.8 Å². The van der Waals surface area contributed by atoms with E-state index in [-0.39, 0.29) is 11.8 Å². The van der Waals surface area contributed by atoms with Gasteiger partial charge in [-0.05, 0) is 25.0 Å². The van der Waals surface area contributed by atoms with Crippen molar-refractivity contribution < 1.29 is 4.79 Å². The Morgan fingerprint density at radius 3 is 3.04 bits per heavy atom. The SMILES string of the molecule is Cn1cc(C(=O)N2CCC[C@@H](c3ccc4sc(N)nc4n3)C2)cn1. The number of aryl methyl sites for hydroxylation is 1. The summed E-state index contributed by atoms with van der Waals surface area (Å²) in [6.07, 6.45) is 5.37. The number of likely N-dealkylation sites (tertiary alicyclic amines) is 1. The maximum Gasteiger partial charge on any atom is 0.257 e. The second kappa shape index (κ2) is 5.86. The van der Waals surface area contributed by atoms with E-state index < -0.39 is 0 Å². The molecule has 7 nitrogen and oxygen atoms in total. The molecule has 1 fully saturated rings. The van der Waals surface area contributed by atoms with Gasteiger partial charge < -0.3 is 10.6 Å². The van der Waals surface area contributed by atoms with Crippen LogP contribution in [-0.2, 0) is 7.05 Å². The van der Waals surface area contributed by atoms with Crippen LogP contribution in [0.4, 0.5) is 5.13 Å². The number of pyridine rings is 1. The molecule has 8 heteroatoms. The molecule has 24 heavy (non-hydrogen) atoms. The van der Waals surface area contributed by atoms with Crippen LogP contribution in [0.15, 0.2) is 24.5 Å². The van der Waals surface area contributed by atoms with Gasteiger partial charge >= 0.3 is 0 Å². The fourth-order valence-electron chi connectivity index (χ4n) is 3.19. The summed E-state index contributed by atoms with van der Waals surface area (Å²) in [5, 5.41) is 4.62. The van der Waals surface area contributed by atoms with Crippen molar-refractivity contribution in [3.63, 3.8) is 0 Å². The fourth-order valence-corrected chi connectivity index (χ4v) is 3.87. The molecule has 3 aromatic heterocycles. The van der Waals surface area contributed by atoms with Crippen LogP contribution in [0, 0.1) is 0 Å². The summed E-state index contributed by atoms with van der Waals surface area (Å²) in [5.74, 6) is 0.262. The van der Waals surface area contributed by atoms with Crippen LogP contribution in [-0.4, -0.2) is 43.6 Å². The molecule has 2 N–H and O–H groups in total. The normalized spacial score (nSPS) is 18.2. The van der Waals surface area contributed by atoms with Gasteiger partial charge in [-0.1, -0.05) is 11.3 Å². The highest BCUT2D eigenvalue weighted by atomic mass is 32.1. The van der Waals surface area contributed by atoms with Crippen molar-refractivity contribution in [1.29, 1.82) is 0 Å². The van der Waals surface area contributed by atoms with Crippen LogP contribution in [0.2, 0.25) is 0 Å². The minimum absolute atomic E-state index is 0.0341. The number of amides is 1. The molecule has 4 heterocycles. The number of nitrogens with two attached hydrogens (primary N) is 1. The summed E-state index contributed by atoms with van der Waals surface area (Å²) in [5.41, 5.74) is 8.07. The van der Waals surface area contributed by atoms with Crippen LogP contribution >= 0.6 is 11.3 Å². The molecule has 0 spiro atoms. The highest BCUT2D eigenvalue weighted by molar-refractivity contribution is 7.21. The Labute approximate surface area is 143 Å². The first-order valence-electron chi connectivity index (χ1n) is 7.91. The molecule has 0 radical (unpaired) electrons. The second-order valence-corrected chi connectivity index (χ2v) is 7.17. The molecular weight excluding hydrogens is 324 g/mol. The number of anilines is 1. The molecular formula is C16H18N6OS. The highest BCUT2D eigenvalue weighted by Gasteiger charge is 2.27. The monoisotopic (exact) mass is 342 g/mol. The minimum Gasteiger partial charge on any atom is -0.375 e. The zero-order valence-corrected chi connectivity index (χ0v) is 14.2. The zero-order valence-electron chi connectivity index (χ0n) is 13.3. The van der Waals surface area contributed by atoms with E-state index in [1.807, 2.05) is 24.1 Å². The number of thiazole rings is 1. The lowest BCUT2D eigenvalue weighted by atomic mass is 9.94. The van der Waals surface area contributed by atoms with Crippen molar-refractivity contribution in [3.05, 3.63) is 35.8 Å². The lowest BCUT2D eigenvalue weighted by molar-refractivity contribution is 0.0706. The highest BCUT2D eigenvalue weighted by Crippen LogP contribution is 2.29. The van der Waals surface area contributed by atoms with Crippen molar-refractivity contribution in [2.24, 2.45) is 7.05 Å². The Morgan fingerprint density at radius 2 is 2.25 bits per heavy atom. The van der Waals surface area contributed by atoms with Crippen molar-refractivity contribution in [2.45, 2.75) is 18.8 Å². The van der Waals surface area contributed by atoms with E-state index >= 15 is 0 Å². The van der Waals surface area contributed by atoms with E-state index in [0.29, 0.717) is 22.9 Å². The molecule has 0 unspecified atom stereocenters. The molecule has 1 atom stereocenters. The lowest BCUT2D eigenvalue weighted by Gasteiger charge is -2.32. The third-order valence-corrected chi connectivity index (χ3v) is 5.21. The maximum atomic E-state index is 12.6. The Hall–Kier alpha value is -2.48. The zero-order chi connectivity index (χ0) is 16.7. The van der Waals surface area contributed by atoms with E-state index in [1.165, 1.54) is 11.3 Å². The average molecular weight is 342 g/mol. The molecule has 1 saturated heterocycles. The number of fused-ring (bicyclic) bond motifs is 1. The van der Waals surface area contributed by atoms with Crippen LogP contribution in [0.5, 0.6) is 0 Å². The molecule has 124 valence electrons. The second-order valence-electron chi connectivity index (χ2n) is 6.10. The molecule has 4 rings (SSSR count). The van der Waals surface area contributed by atoms with Gasteiger partial charge in [0.05, 0.1) is 16.5 Å². The van der Waals surface area contributed by atoms with Gasteiger partial charge in [0.1, 0.15) is 0 Å². The molecule has 3 aromatic rings. The summed E-state index contributed by atoms with van der Waals surface area (Å²) in [7, 11) is 1.81. The predicted molar refractivity (Wildman–Crippen MR) is 92.9 cm³/mol. The molecule has 0 aliphatic carbocycles. The molecule has 0 saturated carbocycles. The van der Waals surface area contributed by atoms with Gasteiger partial charge in [0.2, 0.25) is 0 Å². The van der Waals surface area contributed by atoms with Crippen LogP contribution in [0.3, 0.4) is 0 Å². The third kappa shape index (κ3) is 2.73. The van der Waals surface area contributed by atoms with E-state index in [9.17, 15) is 4.79 Å². The van der Waals surface area contributed by atoms with Gasteiger partial charge in [-0.25, -0.2) is 9.97 Å². The number of hydrogen-bond acceptors (Lipinski definition) is 6. The summed E-state index contributed by atoms with van der Waals surface area (Å²) in [6.45, 7) is 1.45. The van der Waals surface area contributed by atoms with Gasteiger partial charge in [0, 0.05) is 37.9 Å². The number of nitrogens with zero attached hydrogens (tertiary/aromatic N) is 5. The number of nitrogen functional groups attached to an aromatic ring is 1. The smallest absolute Gasteiger partial charge is 0.257 e. The van der Waals surface area contributed by atoms with Crippen molar-refractivity contribution in [3.8, 4) is 0 Å². The first kappa shape index (κ1) is 15.1. The van der Waals surface area contributed by atoms with Crippen LogP contribution in [0.1, 0.15) is 34.8 Å². The van der Waals surface area contributed by atoms with Crippen molar-refractivity contribution in [1.82, 2.24) is 24.6 Å². The Morgan fingerprint density at radius 1 is 1.38 bits per heavy atom. The summed E-state index contributed by atoms with van der Waals surface area (Å²) < 4.78 is 2.65. The van der Waals surface area contributed by atoms with E-state index in [4.69, 9.17) is 5.73 Å². The molecule has 1 aliphatic heterocycles. The quantitative estimate of drug-likeness (QED) is 0.769. The predicted octanol–water partition coefficient (Wildman–Crippen LogP) is 2.03.